The van der Waals surface area contributed by atoms with Crippen molar-refractivity contribution in [3.63, 3.8) is 0 Å². The topological polar surface area (TPSA) is 37.3 Å². The summed E-state index contributed by atoms with van der Waals surface area (Å²) >= 11 is -1.80. The third-order valence-electron chi connectivity index (χ3n) is 2.71. The fraction of sp³-hybridized carbons (Fsp3) is 0.143. The van der Waals surface area contributed by atoms with Crippen LogP contribution in [-0.4, -0.2) is 14.5 Å². The second-order valence-corrected chi connectivity index (χ2v) is 4.84. The van der Waals surface area contributed by atoms with E-state index in [4.69, 9.17) is 4.55 Å². The largest absolute Gasteiger partial charge is 0.306 e. The molecule has 1 unspecified atom stereocenters. The van der Waals surface area contributed by atoms with Crippen molar-refractivity contribution in [3.8, 4) is 0 Å². The van der Waals surface area contributed by atoms with Gasteiger partial charge in [-0.25, -0.2) is 4.21 Å². The molecule has 0 aromatic heterocycles. The maximum absolute atomic E-state index is 11.1. The molecular weight excluding hydrogens is 232 g/mol. The molecule has 2 rings (SSSR count). The molecule has 17 heavy (non-hydrogen) atoms. The Balaban J connectivity index is 2.36. The van der Waals surface area contributed by atoms with Crippen molar-refractivity contribution < 1.29 is 8.76 Å². The number of hydrogen-bond acceptors (Lipinski definition) is 1. The Morgan fingerprint density at radius 1 is 0.882 bits per heavy atom. The fourth-order valence-corrected chi connectivity index (χ4v) is 2.57. The van der Waals surface area contributed by atoms with E-state index in [0.29, 0.717) is 0 Å². The molecule has 1 N–H and O–H groups in total. The summed E-state index contributed by atoms with van der Waals surface area (Å²) in [6.07, 6.45) is 0. The lowest BCUT2D eigenvalue weighted by atomic mass is 9.93. The molecule has 0 saturated carbocycles. The van der Waals surface area contributed by atoms with Gasteiger partial charge in [0, 0.05) is 5.92 Å². The Kier molecular flexibility index (Phi) is 4.07. The summed E-state index contributed by atoms with van der Waals surface area (Å²) in [7, 11) is 0. The van der Waals surface area contributed by atoms with E-state index < -0.39 is 11.1 Å². The molecular formula is C14H14O2S. The number of benzene rings is 2. The third-order valence-corrected chi connectivity index (χ3v) is 3.33. The number of hydrogen-bond donors (Lipinski definition) is 1. The summed E-state index contributed by atoms with van der Waals surface area (Å²) in [5.41, 5.74) is 2.14. The summed E-state index contributed by atoms with van der Waals surface area (Å²) in [4.78, 5) is 0. The quantitative estimate of drug-likeness (QED) is 0.842. The van der Waals surface area contributed by atoms with Gasteiger partial charge in [0.05, 0.1) is 5.75 Å². The maximum Gasteiger partial charge on any atom is 0.153 e. The smallest absolute Gasteiger partial charge is 0.153 e. The van der Waals surface area contributed by atoms with E-state index >= 15 is 0 Å². The molecule has 0 bridgehead atoms. The molecule has 88 valence electrons. The van der Waals surface area contributed by atoms with Crippen molar-refractivity contribution in [2.24, 2.45) is 0 Å². The molecule has 2 nitrogen and oxygen atoms in total. The van der Waals surface area contributed by atoms with E-state index in [1.165, 1.54) is 0 Å². The van der Waals surface area contributed by atoms with Crippen LogP contribution in [0.15, 0.2) is 60.7 Å². The molecule has 2 aromatic carbocycles. The lowest BCUT2D eigenvalue weighted by molar-refractivity contribution is 0.560. The summed E-state index contributed by atoms with van der Waals surface area (Å²) in [6.45, 7) is 0. The van der Waals surface area contributed by atoms with Gasteiger partial charge in [-0.15, -0.1) is 0 Å². The van der Waals surface area contributed by atoms with Crippen molar-refractivity contribution in [3.05, 3.63) is 71.8 Å². The van der Waals surface area contributed by atoms with Crippen LogP contribution in [0, 0.1) is 0 Å². The molecule has 0 heterocycles. The molecule has 1 atom stereocenters. The normalized spacial score (nSPS) is 12.6. The van der Waals surface area contributed by atoms with Gasteiger partial charge in [0.25, 0.3) is 0 Å². The first-order chi connectivity index (χ1) is 8.27. The molecule has 0 saturated heterocycles. The molecule has 0 spiro atoms. The van der Waals surface area contributed by atoms with E-state index in [1.54, 1.807) is 0 Å². The van der Waals surface area contributed by atoms with E-state index in [1.807, 2.05) is 60.7 Å². The molecule has 0 aliphatic carbocycles. The highest BCUT2D eigenvalue weighted by Gasteiger charge is 2.15. The van der Waals surface area contributed by atoms with Crippen LogP contribution in [0.1, 0.15) is 17.0 Å². The third kappa shape index (κ3) is 3.25. The van der Waals surface area contributed by atoms with Gasteiger partial charge >= 0.3 is 0 Å². The number of rotatable bonds is 4. The van der Waals surface area contributed by atoms with Crippen molar-refractivity contribution in [2.45, 2.75) is 5.92 Å². The lowest BCUT2D eigenvalue weighted by Gasteiger charge is -2.15. The molecule has 2 aromatic rings. The van der Waals surface area contributed by atoms with E-state index in [2.05, 4.69) is 0 Å². The Hall–Kier alpha value is -1.45. The van der Waals surface area contributed by atoms with Gasteiger partial charge in [-0.1, -0.05) is 60.7 Å². The summed E-state index contributed by atoms with van der Waals surface area (Å²) in [5, 5.41) is 0. The Bertz CT molecular complexity index is 443. The first-order valence-corrected chi connectivity index (χ1v) is 6.72. The minimum Gasteiger partial charge on any atom is -0.306 e. The molecule has 0 radical (unpaired) electrons. The average molecular weight is 246 g/mol. The first-order valence-electron chi connectivity index (χ1n) is 5.44. The zero-order valence-corrected chi connectivity index (χ0v) is 10.1. The van der Waals surface area contributed by atoms with Gasteiger partial charge in [-0.05, 0) is 11.1 Å². The van der Waals surface area contributed by atoms with Gasteiger partial charge in [0.15, 0.2) is 11.1 Å². The van der Waals surface area contributed by atoms with Crippen molar-refractivity contribution >= 4 is 11.1 Å². The minimum absolute atomic E-state index is 0.0248. The minimum atomic E-state index is -1.80. The van der Waals surface area contributed by atoms with Gasteiger partial charge in [-0.3, -0.25) is 0 Å². The summed E-state index contributed by atoms with van der Waals surface area (Å²) in [6, 6.07) is 19.7. The zero-order chi connectivity index (χ0) is 12.1. The Labute approximate surface area is 104 Å². The predicted octanol–water partition coefficient (Wildman–Crippen LogP) is 3.04. The fourth-order valence-electron chi connectivity index (χ4n) is 1.90. The Morgan fingerprint density at radius 3 is 1.65 bits per heavy atom. The summed E-state index contributed by atoms with van der Waals surface area (Å²) < 4.78 is 20.2. The second kappa shape index (κ2) is 5.75. The van der Waals surface area contributed by atoms with Crippen LogP contribution >= 0.6 is 0 Å². The molecule has 0 fully saturated rings. The van der Waals surface area contributed by atoms with Gasteiger partial charge in [-0.2, -0.15) is 0 Å². The van der Waals surface area contributed by atoms with Gasteiger partial charge in [0.2, 0.25) is 0 Å². The monoisotopic (exact) mass is 246 g/mol. The van der Waals surface area contributed by atoms with Gasteiger partial charge in [0.1, 0.15) is 0 Å². The van der Waals surface area contributed by atoms with Crippen LogP contribution < -0.4 is 0 Å². The van der Waals surface area contributed by atoms with Crippen LogP contribution in [0.2, 0.25) is 0 Å². The first kappa shape index (κ1) is 12.0. The Morgan fingerprint density at radius 2 is 1.29 bits per heavy atom. The van der Waals surface area contributed by atoms with Crippen molar-refractivity contribution in [2.75, 3.05) is 5.75 Å². The predicted molar refractivity (Wildman–Crippen MR) is 70.4 cm³/mol. The molecule has 0 amide bonds. The molecule has 0 aliphatic rings. The van der Waals surface area contributed by atoms with Crippen LogP contribution in [0.5, 0.6) is 0 Å². The average Bonchev–Trinajstić information content (AvgIpc) is 2.38. The van der Waals surface area contributed by atoms with Crippen LogP contribution in [0.4, 0.5) is 0 Å². The summed E-state index contributed by atoms with van der Waals surface area (Å²) in [5.74, 6) is 0.205. The maximum atomic E-state index is 11.1. The van der Waals surface area contributed by atoms with Crippen molar-refractivity contribution in [1.29, 1.82) is 0 Å². The van der Waals surface area contributed by atoms with Gasteiger partial charge < -0.3 is 4.55 Å². The zero-order valence-electron chi connectivity index (χ0n) is 9.32. The molecule has 0 aliphatic heterocycles. The van der Waals surface area contributed by atoms with Crippen LogP contribution in [0.3, 0.4) is 0 Å². The van der Waals surface area contributed by atoms with E-state index in [-0.39, 0.29) is 11.7 Å². The van der Waals surface area contributed by atoms with E-state index in [0.717, 1.165) is 11.1 Å². The lowest BCUT2D eigenvalue weighted by Crippen LogP contribution is -2.10. The highest BCUT2D eigenvalue weighted by molar-refractivity contribution is 7.79. The van der Waals surface area contributed by atoms with Crippen LogP contribution in [0.25, 0.3) is 0 Å². The highest BCUT2D eigenvalue weighted by atomic mass is 32.2. The standard InChI is InChI=1S/C14H14O2S/c15-17(16)11-14(12-7-3-1-4-8-12)13-9-5-2-6-10-13/h1-10,14H,11H2,(H,15,16). The molecule has 3 heteroatoms. The van der Waals surface area contributed by atoms with Crippen molar-refractivity contribution in [1.82, 2.24) is 0 Å². The van der Waals surface area contributed by atoms with Crippen LogP contribution in [-0.2, 0) is 11.1 Å². The highest BCUT2D eigenvalue weighted by Crippen LogP contribution is 2.24. The SMILES string of the molecule is O=S(O)CC(c1ccccc1)c1ccccc1. The van der Waals surface area contributed by atoms with E-state index in [9.17, 15) is 4.21 Å². The second-order valence-electron chi connectivity index (χ2n) is 3.86.